The Morgan fingerprint density at radius 3 is 2.28 bits per heavy atom. The summed E-state index contributed by atoms with van der Waals surface area (Å²) < 4.78 is 0. The number of aliphatic hydroxyl groups excluding tert-OH is 1. The first kappa shape index (κ1) is 12.5. The molecule has 0 aliphatic carbocycles. The van der Waals surface area contributed by atoms with Crippen molar-refractivity contribution >= 4 is 5.78 Å². The Labute approximate surface area is 107 Å². The third-order valence-corrected chi connectivity index (χ3v) is 2.89. The summed E-state index contributed by atoms with van der Waals surface area (Å²) in [7, 11) is 0. The van der Waals surface area contributed by atoms with Crippen LogP contribution in [-0.2, 0) is 13.0 Å². The lowest BCUT2D eigenvalue weighted by Crippen LogP contribution is -1.98. The molecular weight excluding hydrogens is 224 g/mol. The average molecular weight is 240 g/mol. The SMILES string of the molecule is CC(=O)c1cc(CO)cc(Cc2ccccc2)c1. The Morgan fingerprint density at radius 2 is 1.67 bits per heavy atom. The van der Waals surface area contributed by atoms with Crippen LogP contribution in [-0.4, -0.2) is 10.9 Å². The maximum atomic E-state index is 11.4. The van der Waals surface area contributed by atoms with Gasteiger partial charge in [0, 0.05) is 5.56 Å². The number of rotatable bonds is 4. The highest BCUT2D eigenvalue weighted by Crippen LogP contribution is 2.15. The molecule has 2 aromatic rings. The van der Waals surface area contributed by atoms with E-state index in [1.807, 2.05) is 30.3 Å². The summed E-state index contributed by atoms with van der Waals surface area (Å²) >= 11 is 0. The minimum atomic E-state index is -0.0388. The molecular formula is C16H16O2. The molecule has 2 nitrogen and oxygen atoms in total. The Balaban J connectivity index is 2.32. The second kappa shape index (κ2) is 5.61. The molecule has 0 aliphatic rings. The van der Waals surface area contributed by atoms with E-state index in [1.54, 1.807) is 13.0 Å². The number of carbonyl (C=O) groups excluding carboxylic acids is 1. The first-order valence-corrected chi connectivity index (χ1v) is 5.97. The molecule has 0 radical (unpaired) electrons. The smallest absolute Gasteiger partial charge is 0.159 e. The van der Waals surface area contributed by atoms with Crippen molar-refractivity contribution in [2.24, 2.45) is 0 Å². The lowest BCUT2D eigenvalue weighted by atomic mass is 9.99. The Hall–Kier alpha value is -1.93. The quantitative estimate of drug-likeness (QED) is 0.834. The highest BCUT2D eigenvalue weighted by Gasteiger charge is 2.05. The molecule has 0 aliphatic heterocycles. The van der Waals surface area contributed by atoms with Crippen LogP contribution in [0.2, 0.25) is 0 Å². The van der Waals surface area contributed by atoms with Crippen molar-refractivity contribution in [3.8, 4) is 0 Å². The van der Waals surface area contributed by atoms with Gasteiger partial charge in [-0.05, 0) is 42.2 Å². The van der Waals surface area contributed by atoms with Crippen LogP contribution in [0.15, 0.2) is 48.5 Å². The Morgan fingerprint density at radius 1 is 1.00 bits per heavy atom. The molecule has 2 aromatic carbocycles. The van der Waals surface area contributed by atoms with E-state index >= 15 is 0 Å². The molecule has 92 valence electrons. The van der Waals surface area contributed by atoms with Crippen molar-refractivity contribution in [2.45, 2.75) is 20.0 Å². The van der Waals surface area contributed by atoms with Gasteiger partial charge >= 0.3 is 0 Å². The second-order valence-corrected chi connectivity index (χ2v) is 4.41. The van der Waals surface area contributed by atoms with Gasteiger partial charge in [0.05, 0.1) is 6.61 Å². The van der Waals surface area contributed by atoms with Gasteiger partial charge in [0.25, 0.3) is 0 Å². The number of hydrogen-bond acceptors (Lipinski definition) is 2. The fourth-order valence-electron chi connectivity index (χ4n) is 1.99. The number of ketones is 1. The van der Waals surface area contributed by atoms with Crippen molar-refractivity contribution in [2.75, 3.05) is 0 Å². The molecule has 0 unspecified atom stereocenters. The number of hydrogen-bond donors (Lipinski definition) is 1. The summed E-state index contributed by atoms with van der Waals surface area (Å²) in [6.07, 6.45) is 0.773. The fraction of sp³-hybridized carbons (Fsp3) is 0.188. The molecule has 0 fully saturated rings. The van der Waals surface area contributed by atoms with E-state index in [1.165, 1.54) is 5.56 Å². The summed E-state index contributed by atoms with van der Waals surface area (Å²) in [5.41, 5.74) is 3.70. The molecule has 2 rings (SSSR count). The third-order valence-electron chi connectivity index (χ3n) is 2.89. The zero-order valence-corrected chi connectivity index (χ0v) is 10.4. The predicted octanol–water partition coefficient (Wildman–Crippen LogP) is 2.97. The van der Waals surface area contributed by atoms with Crippen molar-refractivity contribution < 1.29 is 9.90 Å². The van der Waals surface area contributed by atoms with E-state index < -0.39 is 0 Å². The summed E-state index contributed by atoms with van der Waals surface area (Å²) in [5, 5.41) is 9.22. The largest absolute Gasteiger partial charge is 0.392 e. The van der Waals surface area contributed by atoms with E-state index in [9.17, 15) is 9.90 Å². The average Bonchev–Trinajstić information content (AvgIpc) is 2.39. The lowest BCUT2D eigenvalue weighted by Gasteiger charge is -2.07. The molecule has 2 heteroatoms. The maximum Gasteiger partial charge on any atom is 0.159 e. The minimum absolute atomic E-state index is 0.0274. The summed E-state index contributed by atoms with van der Waals surface area (Å²) in [6.45, 7) is 1.51. The molecule has 0 aromatic heterocycles. The molecule has 0 amide bonds. The van der Waals surface area contributed by atoms with Crippen molar-refractivity contribution in [1.82, 2.24) is 0 Å². The topological polar surface area (TPSA) is 37.3 Å². The van der Waals surface area contributed by atoms with Crippen LogP contribution in [0.1, 0.15) is 34.0 Å². The maximum absolute atomic E-state index is 11.4. The van der Waals surface area contributed by atoms with Gasteiger partial charge in [-0.1, -0.05) is 36.4 Å². The summed E-state index contributed by atoms with van der Waals surface area (Å²) in [4.78, 5) is 11.4. The van der Waals surface area contributed by atoms with Gasteiger partial charge in [0.1, 0.15) is 0 Å². The summed E-state index contributed by atoms with van der Waals surface area (Å²) in [5.74, 6) is 0.0274. The minimum Gasteiger partial charge on any atom is -0.392 e. The number of Topliss-reactive ketones (excluding diaryl/α,β-unsaturated/α-hetero) is 1. The van der Waals surface area contributed by atoms with E-state index in [4.69, 9.17) is 0 Å². The van der Waals surface area contributed by atoms with Gasteiger partial charge in [0.2, 0.25) is 0 Å². The summed E-state index contributed by atoms with van der Waals surface area (Å²) in [6, 6.07) is 15.7. The Kier molecular flexibility index (Phi) is 3.90. The van der Waals surface area contributed by atoms with Crippen LogP contribution in [0.5, 0.6) is 0 Å². The van der Waals surface area contributed by atoms with E-state index in [0.717, 1.165) is 17.5 Å². The van der Waals surface area contributed by atoms with Crippen molar-refractivity contribution in [1.29, 1.82) is 0 Å². The van der Waals surface area contributed by atoms with Crippen LogP contribution < -0.4 is 0 Å². The highest BCUT2D eigenvalue weighted by atomic mass is 16.3. The van der Waals surface area contributed by atoms with Gasteiger partial charge in [-0.15, -0.1) is 0 Å². The zero-order chi connectivity index (χ0) is 13.0. The third kappa shape index (κ3) is 3.05. The molecule has 0 atom stereocenters. The Bertz CT molecular complexity index is 544. The van der Waals surface area contributed by atoms with Gasteiger partial charge < -0.3 is 5.11 Å². The predicted molar refractivity (Wildman–Crippen MR) is 71.6 cm³/mol. The van der Waals surface area contributed by atoms with Crippen LogP contribution in [0.3, 0.4) is 0 Å². The van der Waals surface area contributed by atoms with Gasteiger partial charge in [-0.3, -0.25) is 4.79 Å². The van der Waals surface area contributed by atoms with Gasteiger partial charge in [0.15, 0.2) is 5.78 Å². The fourth-order valence-corrected chi connectivity index (χ4v) is 1.99. The normalized spacial score (nSPS) is 10.3. The zero-order valence-electron chi connectivity index (χ0n) is 10.4. The number of benzene rings is 2. The number of carbonyl (C=O) groups is 1. The van der Waals surface area contributed by atoms with Crippen molar-refractivity contribution in [3.05, 3.63) is 70.8 Å². The van der Waals surface area contributed by atoms with E-state index in [-0.39, 0.29) is 12.4 Å². The van der Waals surface area contributed by atoms with Crippen LogP contribution in [0, 0.1) is 0 Å². The standard InChI is InChI=1S/C16H16O2/c1-12(18)16-9-14(8-15(10-16)11-17)7-13-5-3-2-4-6-13/h2-6,8-10,17H,7,11H2,1H3. The second-order valence-electron chi connectivity index (χ2n) is 4.41. The van der Waals surface area contributed by atoms with Crippen LogP contribution in [0.4, 0.5) is 0 Å². The van der Waals surface area contributed by atoms with Crippen molar-refractivity contribution in [3.63, 3.8) is 0 Å². The van der Waals surface area contributed by atoms with E-state index in [0.29, 0.717) is 5.56 Å². The first-order chi connectivity index (χ1) is 8.69. The first-order valence-electron chi connectivity index (χ1n) is 5.97. The molecule has 0 saturated heterocycles. The molecule has 0 bridgehead atoms. The molecule has 1 N–H and O–H groups in total. The van der Waals surface area contributed by atoms with Crippen LogP contribution in [0.25, 0.3) is 0 Å². The van der Waals surface area contributed by atoms with Crippen LogP contribution >= 0.6 is 0 Å². The number of aliphatic hydroxyl groups is 1. The monoisotopic (exact) mass is 240 g/mol. The van der Waals surface area contributed by atoms with Gasteiger partial charge in [-0.25, -0.2) is 0 Å². The molecule has 0 spiro atoms. The van der Waals surface area contributed by atoms with E-state index in [2.05, 4.69) is 12.1 Å². The molecule has 18 heavy (non-hydrogen) atoms. The van der Waals surface area contributed by atoms with Gasteiger partial charge in [-0.2, -0.15) is 0 Å². The lowest BCUT2D eigenvalue weighted by molar-refractivity contribution is 0.101. The molecule has 0 saturated carbocycles. The highest BCUT2D eigenvalue weighted by molar-refractivity contribution is 5.94. The molecule has 0 heterocycles.